The van der Waals surface area contributed by atoms with Gasteiger partial charge in [-0.25, -0.2) is 0 Å². The zero-order chi connectivity index (χ0) is 12.0. The van der Waals surface area contributed by atoms with Crippen molar-refractivity contribution in [3.8, 4) is 0 Å². The van der Waals surface area contributed by atoms with Gasteiger partial charge in [-0.1, -0.05) is 13.8 Å². The highest BCUT2D eigenvalue weighted by molar-refractivity contribution is 6.18. The summed E-state index contributed by atoms with van der Waals surface area (Å²) < 4.78 is 0. The Morgan fingerprint density at radius 1 is 1.56 bits per heavy atom. The monoisotopic (exact) mass is 243 g/mol. The molecule has 1 aromatic rings. The second kappa shape index (κ2) is 5.89. The number of H-pyrrole nitrogens is 1. The van der Waals surface area contributed by atoms with E-state index in [-0.39, 0.29) is 11.3 Å². The second-order valence-corrected chi connectivity index (χ2v) is 4.26. The van der Waals surface area contributed by atoms with E-state index >= 15 is 0 Å². The normalized spacial score (nSPS) is 11.4. The third kappa shape index (κ3) is 2.98. The molecule has 2 N–H and O–H groups in total. The molecule has 5 heteroatoms. The SMILES string of the molecule is CCC(CC)(CCl)CNC(=O)c1ccn[nH]1. The zero-order valence-corrected chi connectivity index (χ0v) is 10.5. The molecule has 0 saturated carbocycles. The minimum absolute atomic E-state index is 0.00274. The Kier molecular flexibility index (Phi) is 4.80. The van der Waals surface area contributed by atoms with Crippen molar-refractivity contribution in [3.05, 3.63) is 18.0 Å². The molecule has 0 bridgehead atoms. The Hall–Kier alpha value is -1.03. The first-order valence-corrected chi connectivity index (χ1v) is 6.04. The van der Waals surface area contributed by atoms with Crippen LogP contribution in [0, 0.1) is 5.41 Å². The van der Waals surface area contributed by atoms with Gasteiger partial charge in [0.1, 0.15) is 5.69 Å². The van der Waals surface area contributed by atoms with Gasteiger partial charge in [0, 0.05) is 24.0 Å². The number of alkyl halides is 1. The smallest absolute Gasteiger partial charge is 0.269 e. The molecule has 0 spiro atoms. The summed E-state index contributed by atoms with van der Waals surface area (Å²) in [6, 6.07) is 1.65. The van der Waals surface area contributed by atoms with Gasteiger partial charge < -0.3 is 5.32 Å². The number of nitrogens with one attached hydrogen (secondary N) is 2. The van der Waals surface area contributed by atoms with Crippen molar-refractivity contribution in [2.75, 3.05) is 12.4 Å². The Morgan fingerprint density at radius 2 is 2.25 bits per heavy atom. The first-order chi connectivity index (χ1) is 7.67. The fourth-order valence-electron chi connectivity index (χ4n) is 1.48. The number of hydrogen-bond acceptors (Lipinski definition) is 2. The summed E-state index contributed by atoms with van der Waals surface area (Å²) in [6.45, 7) is 4.78. The molecule has 0 aliphatic rings. The fourth-order valence-corrected chi connectivity index (χ4v) is 1.95. The lowest BCUT2D eigenvalue weighted by molar-refractivity contribution is 0.0927. The predicted molar refractivity (Wildman–Crippen MR) is 64.7 cm³/mol. The number of carbonyl (C=O) groups excluding carboxylic acids is 1. The van der Waals surface area contributed by atoms with Crippen LogP contribution in [-0.4, -0.2) is 28.5 Å². The topological polar surface area (TPSA) is 57.8 Å². The Labute approximate surface area is 101 Å². The first kappa shape index (κ1) is 13.0. The van der Waals surface area contributed by atoms with Gasteiger partial charge in [-0.2, -0.15) is 5.10 Å². The summed E-state index contributed by atoms with van der Waals surface area (Å²) in [5.41, 5.74) is 0.479. The zero-order valence-electron chi connectivity index (χ0n) is 9.72. The molecule has 0 unspecified atom stereocenters. The summed E-state index contributed by atoms with van der Waals surface area (Å²) in [6.07, 6.45) is 3.47. The number of halogens is 1. The highest BCUT2D eigenvalue weighted by atomic mass is 35.5. The van der Waals surface area contributed by atoms with Crippen LogP contribution in [0.1, 0.15) is 37.2 Å². The molecular formula is C11H18ClN3O. The van der Waals surface area contributed by atoms with E-state index in [1.807, 2.05) is 0 Å². The number of aromatic nitrogens is 2. The van der Waals surface area contributed by atoms with Crippen LogP contribution in [0.25, 0.3) is 0 Å². The lowest BCUT2D eigenvalue weighted by Gasteiger charge is -2.29. The molecule has 0 aliphatic heterocycles. The minimum atomic E-state index is -0.131. The van der Waals surface area contributed by atoms with Gasteiger partial charge in [-0.15, -0.1) is 11.6 Å². The molecule has 90 valence electrons. The predicted octanol–water partition coefficient (Wildman–Crippen LogP) is 2.18. The number of carbonyl (C=O) groups is 1. The van der Waals surface area contributed by atoms with Gasteiger partial charge in [0.15, 0.2) is 0 Å². The van der Waals surface area contributed by atoms with Crippen LogP contribution in [0.15, 0.2) is 12.3 Å². The van der Waals surface area contributed by atoms with Crippen LogP contribution in [0.3, 0.4) is 0 Å². The van der Waals surface area contributed by atoms with Crippen LogP contribution in [-0.2, 0) is 0 Å². The summed E-state index contributed by atoms with van der Waals surface area (Å²) >= 11 is 5.96. The maximum absolute atomic E-state index is 11.7. The van der Waals surface area contributed by atoms with E-state index in [2.05, 4.69) is 29.4 Å². The van der Waals surface area contributed by atoms with Gasteiger partial charge in [-0.3, -0.25) is 9.89 Å². The lowest BCUT2D eigenvalue weighted by Crippen LogP contribution is -2.38. The Balaban J connectivity index is 2.53. The average molecular weight is 244 g/mol. The molecule has 0 radical (unpaired) electrons. The molecule has 16 heavy (non-hydrogen) atoms. The van der Waals surface area contributed by atoms with Crippen LogP contribution in [0.2, 0.25) is 0 Å². The van der Waals surface area contributed by atoms with Crippen molar-refractivity contribution < 1.29 is 4.79 Å². The largest absolute Gasteiger partial charge is 0.350 e. The number of aromatic amines is 1. The van der Waals surface area contributed by atoms with E-state index in [9.17, 15) is 4.79 Å². The second-order valence-electron chi connectivity index (χ2n) is 3.99. The first-order valence-electron chi connectivity index (χ1n) is 5.51. The summed E-state index contributed by atoms with van der Waals surface area (Å²) in [5.74, 6) is 0.428. The van der Waals surface area contributed by atoms with Crippen LogP contribution in [0.4, 0.5) is 0 Å². The summed E-state index contributed by atoms with van der Waals surface area (Å²) in [5, 5.41) is 9.25. The van der Waals surface area contributed by atoms with Crippen molar-refractivity contribution in [3.63, 3.8) is 0 Å². The molecule has 1 rings (SSSR count). The molecule has 0 saturated heterocycles. The molecule has 4 nitrogen and oxygen atoms in total. The number of rotatable bonds is 6. The summed E-state index contributed by atoms with van der Waals surface area (Å²) in [7, 11) is 0. The Morgan fingerprint density at radius 3 is 2.69 bits per heavy atom. The number of hydrogen-bond donors (Lipinski definition) is 2. The van der Waals surface area contributed by atoms with E-state index in [4.69, 9.17) is 11.6 Å². The molecule has 0 aromatic carbocycles. The van der Waals surface area contributed by atoms with Crippen molar-refractivity contribution in [1.29, 1.82) is 0 Å². The van der Waals surface area contributed by atoms with Crippen LogP contribution in [0.5, 0.6) is 0 Å². The van der Waals surface area contributed by atoms with E-state index < -0.39 is 0 Å². The molecular weight excluding hydrogens is 226 g/mol. The minimum Gasteiger partial charge on any atom is -0.350 e. The third-order valence-electron chi connectivity index (χ3n) is 3.15. The molecule has 0 atom stereocenters. The Bertz CT molecular complexity index is 312. The van der Waals surface area contributed by atoms with Crippen LogP contribution >= 0.6 is 11.6 Å². The van der Waals surface area contributed by atoms with E-state index in [0.29, 0.717) is 18.1 Å². The van der Waals surface area contributed by atoms with Gasteiger partial charge in [0.25, 0.3) is 5.91 Å². The van der Waals surface area contributed by atoms with E-state index in [1.165, 1.54) is 0 Å². The van der Waals surface area contributed by atoms with E-state index in [0.717, 1.165) is 12.8 Å². The van der Waals surface area contributed by atoms with Gasteiger partial charge in [0.05, 0.1) is 0 Å². The lowest BCUT2D eigenvalue weighted by atomic mass is 9.84. The molecule has 1 amide bonds. The molecule has 1 heterocycles. The standard InChI is InChI=1S/C11H18ClN3O/c1-3-11(4-2,7-12)8-13-10(16)9-5-6-14-15-9/h5-6H,3-4,7-8H2,1-2H3,(H,13,16)(H,14,15). The third-order valence-corrected chi connectivity index (χ3v) is 3.72. The quantitative estimate of drug-likeness (QED) is 0.753. The fraction of sp³-hybridized carbons (Fsp3) is 0.636. The van der Waals surface area contributed by atoms with Crippen molar-refractivity contribution in [2.24, 2.45) is 5.41 Å². The van der Waals surface area contributed by atoms with Gasteiger partial charge in [-0.05, 0) is 18.9 Å². The maximum atomic E-state index is 11.7. The average Bonchev–Trinajstić information content (AvgIpc) is 2.85. The van der Waals surface area contributed by atoms with Crippen molar-refractivity contribution in [2.45, 2.75) is 26.7 Å². The van der Waals surface area contributed by atoms with Gasteiger partial charge in [0.2, 0.25) is 0 Å². The summed E-state index contributed by atoms with van der Waals surface area (Å²) in [4.78, 5) is 11.7. The highest BCUT2D eigenvalue weighted by Crippen LogP contribution is 2.26. The van der Waals surface area contributed by atoms with Gasteiger partial charge >= 0.3 is 0 Å². The highest BCUT2D eigenvalue weighted by Gasteiger charge is 2.25. The van der Waals surface area contributed by atoms with E-state index in [1.54, 1.807) is 12.3 Å². The molecule has 0 fully saturated rings. The molecule has 1 aromatic heterocycles. The van der Waals surface area contributed by atoms with Crippen LogP contribution < -0.4 is 5.32 Å². The number of nitrogens with zero attached hydrogens (tertiary/aromatic N) is 1. The molecule has 0 aliphatic carbocycles. The van der Waals surface area contributed by atoms with Crippen molar-refractivity contribution >= 4 is 17.5 Å². The maximum Gasteiger partial charge on any atom is 0.269 e. The number of amides is 1. The van der Waals surface area contributed by atoms with Crippen molar-refractivity contribution in [1.82, 2.24) is 15.5 Å².